The molecule has 0 N–H and O–H groups in total. The Balaban J connectivity index is 1.47. The maximum absolute atomic E-state index is 13.7. The molecule has 0 aromatic heterocycles. The molecule has 4 rings (SSSR count). The van der Waals surface area contributed by atoms with Crippen molar-refractivity contribution in [3.63, 3.8) is 0 Å². The average Bonchev–Trinajstić information content (AvgIpc) is 3.03. The highest BCUT2D eigenvalue weighted by Gasteiger charge is 2.28. The van der Waals surface area contributed by atoms with Crippen LogP contribution in [0.3, 0.4) is 0 Å². The summed E-state index contributed by atoms with van der Waals surface area (Å²) in [4.78, 5) is 12.8. The van der Waals surface area contributed by atoms with Crippen molar-refractivity contribution in [2.45, 2.75) is 13.5 Å². The van der Waals surface area contributed by atoms with Crippen molar-refractivity contribution in [1.82, 2.24) is 0 Å². The number of hydrogen-bond acceptors (Lipinski definition) is 3. The van der Waals surface area contributed by atoms with Gasteiger partial charge in [0.05, 0.1) is 17.0 Å². The van der Waals surface area contributed by atoms with Crippen LogP contribution in [0.2, 0.25) is 0 Å². The van der Waals surface area contributed by atoms with Crippen molar-refractivity contribution in [1.29, 1.82) is 0 Å². The van der Waals surface area contributed by atoms with E-state index in [1.54, 1.807) is 30.3 Å². The minimum absolute atomic E-state index is 0.156. The van der Waals surface area contributed by atoms with Crippen molar-refractivity contribution in [2.75, 3.05) is 5.01 Å². The summed E-state index contributed by atoms with van der Waals surface area (Å²) in [5, 5.41) is 5.79. The fraction of sp³-hybridized carbons (Fsp3) is 0.0833. The largest absolute Gasteiger partial charge is 0.489 e. The molecule has 0 bridgehead atoms. The highest BCUT2D eigenvalue weighted by molar-refractivity contribution is 6.32. The van der Waals surface area contributed by atoms with Gasteiger partial charge in [-0.1, -0.05) is 48.5 Å². The van der Waals surface area contributed by atoms with E-state index in [9.17, 15) is 9.18 Å². The Kier molecular flexibility index (Phi) is 5.20. The van der Waals surface area contributed by atoms with Gasteiger partial charge in [0, 0.05) is 5.56 Å². The molecule has 0 radical (unpaired) electrons. The van der Waals surface area contributed by atoms with Crippen LogP contribution in [0, 0.1) is 5.82 Å². The summed E-state index contributed by atoms with van der Waals surface area (Å²) in [6, 6.07) is 23.2. The molecule has 3 aromatic carbocycles. The van der Waals surface area contributed by atoms with Gasteiger partial charge in [0.1, 0.15) is 18.2 Å². The number of amides is 1. The Morgan fingerprint density at radius 1 is 0.966 bits per heavy atom. The van der Waals surface area contributed by atoms with Gasteiger partial charge in [-0.05, 0) is 48.9 Å². The number of nitrogens with zero attached hydrogens (tertiary/aromatic N) is 2. The van der Waals surface area contributed by atoms with Crippen molar-refractivity contribution >= 4 is 23.4 Å². The molecule has 4 nitrogen and oxygen atoms in total. The zero-order chi connectivity index (χ0) is 20.2. The Bertz CT molecular complexity index is 1090. The van der Waals surface area contributed by atoms with Gasteiger partial charge in [0.2, 0.25) is 0 Å². The molecule has 0 saturated heterocycles. The van der Waals surface area contributed by atoms with Gasteiger partial charge in [-0.15, -0.1) is 0 Å². The van der Waals surface area contributed by atoms with Gasteiger partial charge in [0.25, 0.3) is 5.91 Å². The molecular weight excluding hydrogens is 367 g/mol. The van der Waals surface area contributed by atoms with Crippen molar-refractivity contribution in [3.05, 3.63) is 101 Å². The number of benzene rings is 3. The quantitative estimate of drug-likeness (QED) is 0.565. The summed E-state index contributed by atoms with van der Waals surface area (Å²) in [6.07, 6.45) is 1.81. The highest BCUT2D eigenvalue weighted by atomic mass is 19.1. The second-order valence-electron chi connectivity index (χ2n) is 6.65. The fourth-order valence-electron chi connectivity index (χ4n) is 3.03. The van der Waals surface area contributed by atoms with E-state index in [2.05, 4.69) is 5.10 Å². The maximum Gasteiger partial charge on any atom is 0.280 e. The molecule has 0 unspecified atom stereocenters. The molecule has 3 aromatic rings. The average molecular weight is 386 g/mol. The molecule has 1 aliphatic heterocycles. The van der Waals surface area contributed by atoms with Gasteiger partial charge in [-0.25, -0.2) is 4.39 Å². The molecule has 1 aliphatic rings. The smallest absolute Gasteiger partial charge is 0.280 e. The SMILES string of the molecule is CC1=NN(c2ccccc2)C(=O)C1=Cc1ccc(OCc2ccccc2F)cc1. The number of anilines is 1. The maximum atomic E-state index is 13.7. The van der Waals surface area contributed by atoms with E-state index in [1.807, 2.05) is 55.5 Å². The standard InChI is InChI=1S/C24H19FN2O2/c1-17-22(24(28)27(26-17)20-8-3-2-4-9-20)15-18-11-13-21(14-12-18)29-16-19-7-5-6-10-23(19)25/h2-15H,16H2,1H3. The lowest BCUT2D eigenvalue weighted by Crippen LogP contribution is -2.21. The van der Waals surface area contributed by atoms with Gasteiger partial charge in [-0.2, -0.15) is 10.1 Å². The summed E-state index contributed by atoms with van der Waals surface area (Å²) in [7, 11) is 0. The first kappa shape index (κ1) is 18.6. The third-order valence-electron chi connectivity index (χ3n) is 4.61. The van der Waals surface area contributed by atoms with Crippen LogP contribution in [-0.2, 0) is 11.4 Å². The van der Waals surface area contributed by atoms with Crippen LogP contribution in [0.5, 0.6) is 5.75 Å². The highest BCUT2D eigenvalue weighted by Crippen LogP contribution is 2.25. The van der Waals surface area contributed by atoms with Crippen molar-refractivity contribution in [3.8, 4) is 5.75 Å². The minimum atomic E-state index is -0.286. The first-order valence-electron chi connectivity index (χ1n) is 9.25. The molecule has 0 saturated carbocycles. The van der Waals surface area contributed by atoms with Crippen LogP contribution in [0.4, 0.5) is 10.1 Å². The molecule has 1 amide bonds. The van der Waals surface area contributed by atoms with E-state index in [0.29, 0.717) is 22.6 Å². The summed E-state index contributed by atoms with van der Waals surface area (Å²) < 4.78 is 19.3. The second kappa shape index (κ2) is 8.10. The van der Waals surface area contributed by atoms with E-state index in [0.717, 1.165) is 11.3 Å². The van der Waals surface area contributed by atoms with Crippen LogP contribution in [0.15, 0.2) is 89.5 Å². The van der Waals surface area contributed by atoms with E-state index in [1.165, 1.54) is 11.1 Å². The molecule has 144 valence electrons. The van der Waals surface area contributed by atoms with Crippen LogP contribution < -0.4 is 9.75 Å². The van der Waals surface area contributed by atoms with E-state index < -0.39 is 0 Å². The molecule has 29 heavy (non-hydrogen) atoms. The Labute approximate surface area is 168 Å². The number of para-hydroxylation sites is 1. The van der Waals surface area contributed by atoms with Crippen molar-refractivity contribution < 1.29 is 13.9 Å². The predicted molar refractivity (Wildman–Crippen MR) is 112 cm³/mol. The summed E-state index contributed by atoms with van der Waals surface area (Å²) in [5.41, 5.74) is 3.31. The lowest BCUT2D eigenvalue weighted by molar-refractivity contribution is -0.114. The van der Waals surface area contributed by atoms with E-state index in [-0.39, 0.29) is 18.3 Å². The number of rotatable bonds is 5. The minimum Gasteiger partial charge on any atom is -0.489 e. The van der Waals surface area contributed by atoms with E-state index in [4.69, 9.17) is 4.74 Å². The molecule has 0 atom stereocenters. The number of carbonyl (C=O) groups is 1. The summed E-state index contributed by atoms with van der Waals surface area (Å²) in [5.74, 6) is 0.185. The number of halogens is 1. The second-order valence-corrected chi connectivity index (χ2v) is 6.65. The number of hydrazone groups is 1. The normalized spacial score (nSPS) is 15.0. The first-order chi connectivity index (χ1) is 14.1. The lowest BCUT2D eigenvalue weighted by atomic mass is 10.1. The first-order valence-corrected chi connectivity index (χ1v) is 9.25. The fourth-order valence-corrected chi connectivity index (χ4v) is 3.03. The van der Waals surface area contributed by atoms with Gasteiger partial charge in [-0.3, -0.25) is 4.79 Å². The number of carbonyl (C=O) groups excluding carboxylic acids is 1. The predicted octanol–water partition coefficient (Wildman–Crippen LogP) is 5.21. The monoisotopic (exact) mass is 386 g/mol. The molecule has 0 spiro atoms. The zero-order valence-electron chi connectivity index (χ0n) is 15.9. The van der Waals surface area contributed by atoms with Gasteiger partial charge >= 0.3 is 0 Å². The lowest BCUT2D eigenvalue weighted by Gasteiger charge is -2.11. The van der Waals surface area contributed by atoms with Crippen LogP contribution in [-0.4, -0.2) is 11.6 Å². The molecular formula is C24H19FN2O2. The molecule has 0 aliphatic carbocycles. The molecule has 1 heterocycles. The summed E-state index contributed by atoms with van der Waals surface area (Å²) in [6.45, 7) is 1.97. The number of hydrogen-bond donors (Lipinski definition) is 0. The van der Waals surface area contributed by atoms with Crippen LogP contribution >= 0.6 is 0 Å². The third-order valence-corrected chi connectivity index (χ3v) is 4.61. The van der Waals surface area contributed by atoms with Crippen LogP contribution in [0.1, 0.15) is 18.1 Å². The number of ether oxygens (including phenoxy) is 1. The molecule has 5 heteroatoms. The Hall–Kier alpha value is -3.73. The third kappa shape index (κ3) is 4.09. The van der Waals surface area contributed by atoms with E-state index >= 15 is 0 Å². The molecule has 0 fully saturated rings. The van der Waals surface area contributed by atoms with Gasteiger partial charge in [0.15, 0.2) is 0 Å². The van der Waals surface area contributed by atoms with Crippen LogP contribution in [0.25, 0.3) is 6.08 Å². The Morgan fingerprint density at radius 2 is 1.66 bits per heavy atom. The summed E-state index contributed by atoms with van der Waals surface area (Å²) >= 11 is 0. The topological polar surface area (TPSA) is 41.9 Å². The Morgan fingerprint density at radius 3 is 2.38 bits per heavy atom. The zero-order valence-corrected chi connectivity index (χ0v) is 15.9. The van der Waals surface area contributed by atoms with Crippen molar-refractivity contribution in [2.24, 2.45) is 5.10 Å². The van der Waals surface area contributed by atoms with Gasteiger partial charge < -0.3 is 4.74 Å².